The molecule has 3 rings (SSSR count). The second kappa shape index (κ2) is 5.33. The fourth-order valence-corrected chi connectivity index (χ4v) is 2.69. The number of benzene rings is 2. The first-order chi connectivity index (χ1) is 9.35. The quantitative estimate of drug-likeness (QED) is 0.702. The standard InChI is InChI=1S/C16H13NOS/c1-18-13-8-9-15-12(11-13)7-10-16(17-15)19-14-5-3-2-4-6-14/h2-11H,1H3. The van der Waals surface area contributed by atoms with Gasteiger partial charge in [0.2, 0.25) is 0 Å². The van der Waals surface area contributed by atoms with E-state index in [0.717, 1.165) is 21.7 Å². The summed E-state index contributed by atoms with van der Waals surface area (Å²) in [5.41, 5.74) is 0.988. The van der Waals surface area contributed by atoms with Gasteiger partial charge < -0.3 is 4.74 Å². The lowest BCUT2D eigenvalue weighted by Crippen LogP contribution is -1.85. The Morgan fingerprint density at radius 3 is 2.58 bits per heavy atom. The molecule has 0 aliphatic heterocycles. The molecule has 94 valence electrons. The smallest absolute Gasteiger partial charge is 0.119 e. The summed E-state index contributed by atoms with van der Waals surface area (Å²) >= 11 is 1.67. The maximum atomic E-state index is 5.22. The lowest BCUT2D eigenvalue weighted by atomic mass is 10.2. The summed E-state index contributed by atoms with van der Waals surface area (Å²) in [5, 5.41) is 2.10. The van der Waals surface area contributed by atoms with Gasteiger partial charge in [0.25, 0.3) is 0 Å². The summed E-state index contributed by atoms with van der Waals surface area (Å²) in [6.45, 7) is 0. The maximum absolute atomic E-state index is 5.22. The zero-order chi connectivity index (χ0) is 13.1. The highest BCUT2D eigenvalue weighted by Gasteiger charge is 2.02. The first kappa shape index (κ1) is 12.1. The molecule has 0 atom stereocenters. The Kier molecular flexibility index (Phi) is 3.38. The zero-order valence-corrected chi connectivity index (χ0v) is 11.4. The normalized spacial score (nSPS) is 10.6. The van der Waals surface area contributed by atoms with Crippen molar-refractivity contribution < 1.29 is 4.74 Å². The van der Waals surface area contributed by atoms with Gasteiger partial charge in [-0.2, -0.15) is 0 Å². The largest absolute Gasteiger partial charge is 0.497 e. The van der Waals surface area contributed by atoms with Crippen LogP contribution in [-0.2, 0) is 0 Å². The van der Waals surface area contributed by atoms with E-state index in [-0.39, 0.29) is 0 Å². The van der Waals surface area contributed by atoms with Crippen LogP contribution >= 0.6 is 11.8 Å². The third kappa shape index (κ3) is 2.71. The van der Waals surface area contributed by atoms with E-state index in [9.17, 15) is 0 Å². The van der Waals surface area contributed by atoms with E-state index in [0.29, 0.717) is 0 Å². The molecule has 1 heterocycles. The van der Waals surface area contributed by atoms with Crippen molar-refractivity contribution in [3.8, 4) is 5.75 Å². The minimum Gasteiger partial charge on any atom is -0.497 e. The summed E-state index contributed by atoms with van der Waals surface area (Å²) in [4.78, 5) is 5.85. The van der Waals surface area contributed by atoms with Crippen molar-refractivity contribution >= 4 is 22.7 Å². The number of rotatable bonds is 3. The SMILES string of the molecule is COc1ccc2nc(Sc3ccccc3)ccc2c1. The average molecular weight is 267 g/mol. The van der Waals surface area contributed by atoms with Crippen LogP contribution in [-0.4, -0.2) is 12.1 Å². The molecule has 0 aliphatic carbocycles. The van der Waals surface area contributed by atoms with Crippen LogP contribution in [0.1, 0.15) is 0 Å². The van der Waals surface area contributed by atoms with Crippen LogP contribution in [0.2, 0.25) is 0 Å². The lowest BCUT2D eigenvalue weighted by Gasteiger charge is -2.04. The van der Waals surface area contributed by atoms with E-state index >= 15 is 0 Å². The number of ether oxygens (including phenoxy) is 1. The molecule has 0 amide bonds. The molecule has 0 aliphatic rings. The third-order valence-electron chi connectivity index (χ3n) is 2.84. The number of aromatic nitrogens is 1. The second-order valence-corrected chi connectivity index (χ2v) is 5.22. The average Bonchev–Trinajstić information content (AvgIpc) is 2.48. The highest BCUT2D eigenvalue weighted by Crippen LogP contribution is 2.28. The van der Waals surface area contributed by atoms with Crippen LogP contribution in [0.25, 0.3) is 10.9 Å². The van der Waals surface area contributed by atoms with E-state index in [1.54, 1.807) is 18.9 Å². The van der Waals surface area contributed by atoms with Gasteiger partial charge in [0.15, 0.2) is 0 Å². The van der Waals surface area contributed by atoms with E-state index in [4.69, 9.17) is 4.74 Å². The first-order valence-corrected chi connectivity index (χ1v) is 6.84. The van der Waals surface area contributed by atoms with Crippen LogP contribution < -0.4 is 4.74 Å². The molecular weight excluding hydrogens is 254 g/mol. The van der Waals surface area contributed by atoms with Crippen molar-refractivity contribution in [1.29, 1.82) is 0 Å². The number of hydrogen-bond acceptors (Lipinski definition) is 3. The Bertz CT molecular complexity index is 697. The summed E-state index contributed by atoms with van der Waals surface area (Å²) in [5.74, 6) is 0.859. The van der Waals surface area contributed by atoms with Crippen molar-refractivity contribution in [2.45, 2.75) is 9.92 Å². The predicted molar refractivity (Wildman–Crippen MR) is 78.9 cm³/mol. The monoisotopic (exact) mass is 267 g/mol. The molecule has 0 saturated heterocycles. The number of hydrogen-bond donors (Lipinski definition) is 0. The van der Waals surface area contributed by atoms with E-state index in [1.807, 2.05) is 42.5 Å². The highest BCUT2D eigenvalue weighted by atomic mass is 32.2. The Morgan fingerprint density at radius 2 is 1.79 bits per heavy atom. The van der Waals surface area contributed by atoms with E-state index in [1.165, 1.54) is 4.90 Å². The van der Waals surface area contributed by atoms with Crippen molar-refractivity contribution in [3.05, 3.63) is 60.7 Å². The van der Waals surface area contributed by atoms with Gasteiger partial charge >= 0.3 is 0 Å². The Hall–Kier alpha value is -2.00. The highest BCUT2D eigenvalue weighted by molar-refractivity contribution is 7.99. The van der Waals surface area contributed by atoms with E-state index < -0.39 is 0 Å². The Balaban J connectivity index is 1.94. The molecule has 2 aromatic carbocycles. The fraction of sp³-hybridized carbons (Fsp3) is 0.0625. The summed E-state index contributed by atoms with van der Waals surface area (Å²) in [6.07, 6.45) is 0. The van der Waals surface area contributed by atoms with Crippen LogP contribution in [0.5, 0.6) is 5.75 Å². The summed E-state index contributed by atoms with van der Waals surface area (Å²) in [7, 11) is 1.67. The lowest BCUT2D eigenvalue weighted by molar-refractivity contribution is 0.415. The summed E-state index contributed by atoms with van der Waals surface area (Å²) in [6, 6.07) is 20.3. The minimum atomic E-state index is 0.859. The molecule has 0 fully saturated rings. The van der Waals surface area contributed by atoms with Crippen LogP contribution in [0.15, 0.2) is 70.6 Å². The maximum Gasteiger partial charge on any atom is 0.119 e. The molecule has 2 nitrogen and oxygen atoms in total. The molecule has 0 radical (unpaired) electrons. The molecule has 19 heavy (non-hydrogen) atoms. The Morgan fingerprint density at radius 1 is 0.947 bits per heavy atom. The predicted octanol–water partition coefficient (Wildman–Crippen LogP) is 4.39. The minimum absolute atomic E-state index is 0.859. The molecule has 0 saturated carbocycles. The number of methoxy groups -OCH3 is 1. The van der Waals surface area contributed by atoms with Gasteiger partial charge in [-0.05, 0) is 42.5 Å². The molecule has 0 spiro atoms. The van der Waals surface area contributed by atoms with Gasteiger partial charge in [-0.15, -0.1) is 0 Å². The molecular formula is C16H13NOS. The van der Waals surface area contributed by atoms with Gasteiger partial charge in [-0.3, -0.25) is 0 Å². The Labute approximate surface area is 116 Å². The van der Waals surface area contributed by atoms with Crippen molar-refractivity contribution in [1.82, 2.24) is 4.98 Å². The van der Waals surface area contributed by atoms with Gasteiger partial charge in [-0.25, -0.2) is 4.98 Å². The second-order valence-electron chi connectivity index (χ2n) is 4.12. The molecule has 0 unspecified atom stereocenters. The summed E-state index contributed by atoms with van der Waals surface area (Å²) < 4.78 is 5.22. The van der Waals surface area contributed by atoms with Gasteiger partial charge in [0, 0.05) is 10.3 Å². The molecule has 3 aromatic rings. The van der Waals surface area contributed by atoms with Crippen LogP contribution in [0, 0.1) is 0 Å². The van der Waals surface area contributed by atoms with Crippen molar-refractivity contribution in [3.63, 3.8) is 0 Å². The van der Waals surface area contributed by atoms with Crippen molar-refractivity contribution in [2.75, 3.05) is 7.11 Å². The fourth-order valence-electron chi connectivity index (χ4n) is 1.88. The topological polar surface area (TPSA) is 22.1 Å². The van der Waals surface area contributed by atoms with Crippen LogP contribution in [0.3, 0.4) is 0 Å². The first-order valence-electron chi connectivity index (χ1n) is 6.03. The van der Waals surface area contributed by atoms with Gasteiger partial charge in [-0.1, -0.05) is 30.0 Å². The number of nitrogens with zero attached hydrogens (tertiary/aromatic N) is 1. The van der Waals surface area contributed by atoms with Gasteiger partial charge in [0.1, 0.15) is 10.8 Å². The van der Waals surface area contributed by atoms with Crippen LogP contribution in [0.4, 0.5) is 0 Å². The number of pyridine rings is 1. The molecule has 3 heteroatoms. The number of fused-ring (bicyclic) bond motifs is 1. The van der Waals surface area contributed by atoms with Gasteiger partial charge in [0.05, 0.1) is 12.6 Å². The third-order valence-corrected chi connectivity index (χ3v) is 3.78. The molecule has 0 bridgehead atoms. The van der Waals surface area contributed by atoms with E-state index in [2.05, 4.69) is 23.2 Å². The zero-order valence-electron chi connectivity index (χ0n) is 10.5. The van der Waals surface area contributed by atoms with Crippen molar-refractivity contribution in [2.24, 2.45) is 0 Å². The molecule has 0 N–H and O–H groups in total. The molecule has 1 aromatic heterocycles.